The van der Waals surface area contributed by atoms with Crippen LogP contribution in [-0.4, -0.2) is 29.4 Å². The smallest absolute Gasteiger partial charge is 0.269 e. The van der Waals surface area contributed by atoms with E-state index in [1.165, 1.54) is 29.2 Å². The Morgan fingerprint density at radius 3 is 2.83 bits per heavy atom. The van der Waals surface area contributed by atoms with Crippen LogP contribution in [-0.2, 0) is 9.59 Å². The van der Waals surface area contributed by atoms with E-state index in [1.807, 2.05) is 0 Å². The molecule has 0 aliphatic carbocycles. The molecule has 2 aromatic rings. The fourth-order valence-corrected chi connectivity index (χ4v) is 2.46. The number of carbonyl (C=O) groups excluding carboxylic acids is 2. The summed E-state index contributed by atoms with van der Waals surface area (Å²) in [4.78, 5) is 30.1. The van der Waals surface area contributed by atoms with Gasteiger partial charge in [-0.3, -0.25) is 14.5 Å². The van der Waals surface area contributed by atoms with Crippen molar-refractivity contribution >= 4 is 23.3 Å². The van der Waals surface area contributed by atoms with Crippen molar-refractivity contribution in [2.75, 3.05) is 16.8 Å². The minimum absolute atomic E-state index is 0.119. The number of aromatic nitrogens is 1. The SMILES string of the molecule is CCC(Oc1ccc(F)cc1)C(=O)N1CC(=O)Nc2cccnc21. The minimum Gasteiger partial charge on any atom is -0.481 e. The summed E-state index contributed by atoms with van der Waals surface area (Å²) < 4.78 is 18.6. The zero-order chi connectivity index (χ0) is 17.1. The van der Waals surface area contributed by atoms with Crippen LogP contribution in [0.1, 0.15) is 13.3 Å². The molecule has 0 radical (unpaired) electrons. The highest BCUT2D eigenvalue weighted by Crippen LogP contribution is 2.27. The Morgan fingerprint density at radius 1 is 1.38 bits per heavy atom. The summed E-state index contributed by atoms with van der Waals surface area (Å²) in [5, 5.41) is 2.68. The molecular weight excluding hydrogens is 313 g/mol. The molecule has 1 aromatic carbocycles. The maximum absolute atomic E-state index is 13.0. The van der Waals surface area contributed by atoms with E-state index < -0.39 is 6.10 Å². The third kappa shape index (κ3) is 3.19. The molecule has 0 spiro atoms. The first-order chi connectivity index (χ1) is 11.6. The van der Waals surface area contributed by atoms with E-state index >= 15 is 0 Å². The van der Waals surface area contributed by atoms with E-state index in [1.54, 1.807) is 25.3 Å². The van der Waals surface area contributed by atoms with Crippen LogP contribution in [0, 0.1) is 5.82 Å². The summed E-state index contributed by atoms with van der Waals surface area (Å²) in [5.74, 6) is -0.257. The van der Waals surface area contributed by atoms with Gasteiger partial charge in [-0.15, -0.1) is 0 Å². The molecule has 2 heterocycles. The lowest BCUT2D eigenvalue weighted by Gasteiger charge is -2.30. The standard InChI is InChI=1S/C17H16FN3O3/c1-2-14(24-12-7-5-11(18)6-8-12)17(23)21-10-15(22)20-13-4-3-9-19-16(13)21/h3-9,14H,2,10H2,1H3,(H,20,22). The van der Waals surface area contributed by atoms with E-state index in [9.17, 15) is 14.0 Å². The molecule has 6 nitrogen and oxygen atoms in total. The van der Waals surface area contributed by atoms with Crippen molar-refractivity contribution in [3.8, 4) is 5.75 Å². The molecule has 1 aromatic heterocycles. The van der Waals surface area contributed by atoms with Gasteiger partial charge in [0.15, 0.2) is 11.9 Å². The first kappa shape index (κ1) is 15.9. The van der Waals surface area contributed by atoms with Crippen LogP contribution < -0.4 is 15.0 Å². The van der Waals surface area contributed by atoms with Crippen molar-refractivity contribution in [2.24, 2.45) is 0 Å². The predicted molar refractivity (Wildman–Crippen MR) is 86.3 cm³/mol. The second-order valence-electron chi connectivity index (χ2n) is 5.32. The summed E-state index contributed by atoms with van der Waals surface area (Å²) in [6.07, 6.45) is 1.16. The minimum atomic E-state index is -0.795. The second kappa shape index (κ2) is 6.66. The zero-order valence-corrected chi connectivity index (χ0v) is 13.0. The van der Waals surface area contributed by atoms with Crippen molar-refractivity contribution < 1.29 is 18.7 Å². The van der Waals surface area contributed by atoms with Gasteiger partial charge < -0.3 is 10.1 Å². The third-order valence-electron chi connectivity index (χ3n) is 3.62. The van der Waals surface area contributed by atoms with Gasteiger partial charge in [0.05, 0.1) is 5.69 Å². The van der Waals surface area contributed by atoms with Crippen molar-refractivity contribution in [1.29, 1.82) is 0 Å². The van der Waals surface area contributed by atoms with Crippen molar-refractivity contribution in [1.82, 2.24) is 4.98 Å². The van der Waals surface area contributed by atoms with E-state index in [4.69, 9.17) is 4.74 Å². The first-order valence-corrected chi connectivity index (χ1v) is 7.57. The lowest BCUT2D eigenvalue weighted by Crippen LogP contribution is -2.48. The topological polar surface area (TPSA) is 71.5 Å². The molecule has 1 aliphatic rings. The molecule has 0 bridgehead atoms. The molecule has 7 heteroatoms. The Kier molecular flexibility index (Phi) is 4.41. The number of hydrogen-bond donors (Lipinski definition) is 1. The Balaban J connectivity index is 1.83. The van der Waals surface area contributed by atoms with E-state index in [-0.39, 0.29) is 24.2 Å². The van der Waals surface area contributed by atoms with Gasteiger partial charge in [0.1, 0.15) is 18.1 Å². The van der Waals surface area contributed by atoms with E-state index in [0.29, 0.717) is 23.7 Å². The largest absolute Gasteiger partial charge is 0.481 e. The van der Waals surface area contributed by atoms with Gasteiger partial charge in [-0.05, 0) is 42.8 Å². The molecule has 24 heavy (non-hydrogen) atoms. The van der Waals surface area contributed by atoms with Crippen LogP contribution >= 0.6 is 0 Å². The molecule has 0 saturated carbocycles. The van der Waals surface area contributed by atoms with Gasteiger partial charge in [0.25, 0.3) is 5.91 Å². The highest BCUT2D eigenvalue weighted by molar-refractivity contribution is 6.10. The number of anilines is 2. The number of nitrogens with zero attached hydrogens (tertiary/aromatic N) is 2. The molecule has 0 saturated heterocycles. The Morgan fingerprint density at radius 2 is 2.12 bits per heavy atom. The highest BCUT2D eigenvalue weighted by atomic mass is 19.1. The Bertz CT molecular complexity index is 764. The van der Waals surface area contributed by atoms with Gasteiger partial charge in [0.2, 0.25) is 5.91 Å². The summed E-state index contributed by atoms with van der Waals surface area (Å²) in [6.45, 7) is 1.68. The molecular formula is C17H16FN3O3. The average Bonchev–Trinajstić information content (AvgIpc) is 2.60. The molecule has 2 amide bonds. The first-order valence-electron chi connectivity index (χ1n) is 7.57. The summed E-state index contributed by atoms with van der Waals surface area (Å²) in [7, 11) is 0. The number of benzene rings is 1. The maximum Gasteiger partial charge on any atom is 0.269 e. The number of fused-ring (bicyclic) bond motifs is 1. The van der Waals surface area contributed by atoms with Crippen molar-refractivity contribution in [3.63, 3.8) is 0 Å². The van der Waals surface area contributed by atoms with Crippen molar-refractivity contribution in [3.05, 3.63) is 48.4 Å². The zero-order valence-electron chi connectivity index (χ0n) is 13.0. The highest BCUT2D eigenvalue weighted by Gasteiger charge is 2.32. The van der Waals surface area contributed by atoms with Gasteiger partial charge in [-0.25, -0.2) is 9.37 Å². The molecule has 3 rings (SSSR count). The average molecular weight is 329 g/mol. The number of carbonyl (C=O) groups is 2. The van der Waals surface area contributed by atoms with Crippen LogP contribution in [0.2, 0.25) is 0 Å². The van der Waals surface area contributed by atoms with Crippen LogP contribution in [0.3, 0.4) is 0 Å². The van der Waals surface area contributed by atoms with Crippen LogP contribution in [0.5, 0.6) is 5.75 Å². The summed E-state index contributed by atoms with van der Waals surface area (Å²) in [6, 6.07) is 8.80. The lowest BCUT2D eigenvalue weighted by molar-refractivity contribution is -0.127. The number of ether oxygens (including phenoxy) is 1. The fraction of sp³-hybridized carbons (Fsp3) is 0.235. The van der Waals surface area contributed by atoms with E-state index in [0.717, 1.165) is 0 Å². The Hall–Kier alpha value is -2.96. The van der Waals surface area contributed by atoms with Gasteiger partial charge in [-0.1, -0.05) is 6.92 Å². The molecule has 1 N–H and O–H groups in total. The van der Waals surface area contributed by atoms with Crippen LogP contribution in [0.4, 0.5) is 15.9 Å². The number of pyridine rings is 1. The number of halogens is 1. The third-order valence-corrected chi connectivity index (χ3v) is 3.62. The fourth-order valence-electron chi connectivity index (χ4n) is 2.46. The van der Waals surface area contributed by atoms with Gasteiger partial charge in [-0.2, -0.15) is 0 Å². The quantitative estimate of drug-likeness (QED) is 0.935. The maximum atomic E-state index is 13.0. The lowest BCUT2D eigenvalue weighted by atomic mass is 10.2. The predicted octanol–water partition coefficient (Wildman–Crippen LogP) is 2.36. The van der Waals surface area contributed by atoms with Crippen LogP contribution in [0.15, 0.2) is 42.6 Å². The number of hydrogen-bond acceptors (Lipinski definition) is 4. The van der Waals surface area contributed by atoms with Gasteiger partial charge >= 0.3 is 0 Å². The summed E-state index contributed by atoms with van der Waals surface area (Å²) >= 11 is 0. The molecule has 0 fully saturated rings. The number of rotatable bonds is 4. The van der Waals surface area contributed by atoms with E-state index in [2.05, 4.69) is 10.3 Å². The molecule has 1 atom stereocenters. The number of amides is 2. The van der Waals surface area contributed by atoms with Crippen molar-refractivity contribution in [2.45, 2.75) is 19.4 Å². The summed E-state index contributed by atoms with van der Waals surface area (Å²) in [5.41, 5.74) is 0.485. The van der Waals surface area contributed by atoms with Gasteiger partial charge in [0, 0.05) is 6.20 Å². The normalized spacial score (nSPS) is 14.6. The van der Waals surface area contributed by atoms with Crippen LogP contribution in [0.25, 0.3) is 0 Å². The second-order valence-corrected chi connectivity index (χ2v) is 5.32. The molecule has 1 aliphatic heterocycles. The monoisotopic (exact) mass is 329 g/mol. The molecule has 124 valence electrons. The number of nitrogens with one attached hydrogen (secondary N) is 1. The molecule has 1 unspecified atom stereocenters. The Labute approximate surface area is 138 Å².